The molecule has 7 nitrogen and oxygen atoms in total. The second-order valence-electron chi connectivity index (χ2n) is 5.35. The zero-order valence-corrected chi connectivity index (χ0v) is 11.3. The largest absolute Gasteiger partial charge is 0.478 e. The third-order valence-electron chi connectivity index (χ3n) is 3.92. The van der Waals surface area contributed by atoms with Gasteiger partial charge in [0.2, 0.25) is 5.60 Å². The van der Waals surface area contributed by atoms with Gasteiger partial charge in [-0.2, -0.15) is 5.26 Å². The van der Waals surface area contributed by atoms with Gasteiger partial charge in [0.1, 0.15) is 5.41 Å². The zero-order valence-electron chi connectivity index (χ0n) is 11.3. The monoisotopic (exact) mass is 274 g/mol. The van der Waals surface area contributed by atoms with Gasteiger partial charge in [-0.05, 0) is 5.92 Å². The topological polar surface area (TPSA) is 110 Å². The lowest BCUT2D eigenvalue weighted by atomic mass is 9.60. The Bertz CT molecular complexity index is 414. The minimum atomic E-state index is -2.04. The maximum atomic E-state index is 12.0. The molecule has 1 heterocycles. The first-order valence-electron chi connectivity index (χ1n) is 5.97. The van der Waals surface area contributed by atoms with Crippen molar-refractivity contribution >= 4 is 17.9 Å². The van der Waals surface area contributed by atoms with E-state index in [0.717, 1.165) is 0 Å². The molecule has 0 spiro atoms. The van der Waals surface area contributed by atoms with Gasteiger partial charge in [0.25, 0.3) is 0 Å². The number of carbonyl (C=O) groups is 3. The number of cyclic esters (lactones) is 1. The molecule has 1 aliphatic heterocycles. The summed E-state index contributed by atoms with van der Waals surface area (Å²) in [6, 6.07) is 0. The van der Waals surface area contributed by atoms with Gasteiger partial charge >= 0.3 is 17.9 Å². The Balaban J connectivity index is 3.61. The predicted molar refractivity (Wildman–Crippen MR) is 61.9 cm³/mol. The van der Waals surface area contributed by atoms with Crippen LogP contribution < -0.4 is 0 Å². The summed E-state index contributed by atoms with van der Waals surface area (Å²) in [5.41, 5.74) is -3.79. The fraction of sp³-hybridized carbons (Fsp3) is 0.750. The molecule has 0 bridgehead atoms. The van der Waals surface area contributed by atoms with Gasteiger partial charge in [0, 0.05) is 5.92 Å². The number of hydrogen-bond acceptors (Lipinski definition) is 6. The van der Waals surface area contributed by atoms with Crippen LogP contribution in [0, 0.1) is 17.3 Å². The van der Waals surface area contributed by atoms with E-state index in [0.29, 0.717) is 0 Å². The third kappa shape index (κ3) is 1.80. The van der Waals surface area contributed by atoms with Crippen LogP contribution in [0.15, 0.2) is 0 Å². The molecule has 2 N–H and O–H groups in total. The van der Waals surface area contributed by atoms with Crippen molar-refractivity contribution in [3.63, 3.8) is 0 Å². The van der Waals surface area contributed by atoms with E-state index in [1.54, 1.807) is 13.8 Å². The van der Waals surface area contributed by atoms with E-state index in [-0.39, 0.29) is 0 Å². The van der Waals surface area contributed by atoms with E-state index in [2.05, 4.69) is 4.89 Å². The number of esters is 1. The standard InChI is InChI=1S/C12H18O7/c1-6(2)11(10(16)19-17)5-8(13)18-12(11,7(3)4)9(14)15/h6-7,17H,5H2,1-4H3,(H,14,15)/t11-,12+/m0/s1. The molecule has 19 heavy (non-hydrogen) atoms. The Kier molecular flexibility index (Phi) is 3.90. The van der Waals surface area contributed by atoms with Gasteiger partial charge in [0.05, 0.1) is 6.42 Å². The van der Waals surface area contributed by atoms with Crippen LogP contribution in [0.3, 0.4) is 0 Å². The van der Waals surface area contributed by atoms with Crippen molar-refractivity contribution in [1.29, 1.82) is 0 Å². The Morgan fingerprint density at radius 3 is 2.11 bits per heavy atom. The van der Waals surface area contributed by atoms with E-state index in [1.807, 2.05) is 0 Å². The normalized spacial score (nSPS) is 30.6. The Hall–Kier alpha value is -1.63. The molecule has 0 aromatic heterocycles. The fourth-order valence-corrected chi connectivity index (χ4v) is 2.95. The molecule has 0 radical (unpaired) electrons. The summed E-state index contributed by atoms with van der Waals surface area (Å²) in [4.78, 5) is 39.1. The van der Waals surface area contributed by atoms with Crippen LogP contribution in [-0.2, 0) is 24.0 Å². The van der Waals surface area contributed by atoms with Gasteiger partial charge in [-0.25, -0.2) is 9.59 Å². The summed E-state index contributed by atoms with van der Waals surface area (Å²) >= 11 is 0. The minimum absolute atomic E-state index is 0.436. The zero-order chi connectivity index (χ0) is 15.0. The minimum Gasteiger partial charge on any atom is -0.478 e. The van der Waals surface area contributed by atoms with E-state index in [1.165, 1.54) is 13.8 Å². The number of carboxylic acids is 1. The van der Waals surface area contributed by atoms with Crippen LogP contribution in [-0.4, -0.2) is 33.9 Å². The maximum absolute atomic E-state index is 12.0. The van der Waals surface area contributed by atoms with Crippen LogP contribution in [0.2, 0.25) is 0 Å². The highest BCUT2D eigenvalue weighted by molar-refractivity contribution is 5.98. The van der Waals surface area contributed by atoms with Gasteiger partial charge in [-0.1, -0.05) is 27.7 Å². The Morgan fingerprint density at radius 2 is 1.79 bits per heavy atom. The SMILES string of the molecule is CC(C)[C@]1(C(=O)OO)CC(=O)O[C@@]1(C(=O)O)C(C)C. The molecule has 0 aromatic carbocycles. The van der Waals surface area contributed by atoms with Gasteiger partial charge < -0.3 is 14.7 Å². The molecule has 0 aromatic rings. The number of hydrogen-bond donors (Lipinski definition) is 2. The molecule has 1 saturated heterocycles. The van der Waals surface area contributed by atoms with Crippen LogP contribution >= 0.6 is 0 Å². The van der Waals surface area contributed by atoms with Crippen molar-refractivity contribution in [3.05, 3.63) is 0 Å². The predicted octanol–water partition coefficient (Wildman–Crippen LogP) is 1.07. The van der Waals surface area contributed by atoms with E-state index in [4.69, 9.17) is 9.99 Å². The van der Waals surface area contributed by atoms with Crippen LogP contribution in [0.1, 0.15) is 34.1 Å². The van der Waals surface area contributed by atoms with Crippen molar-refractivity contribution in [2.45, 2.75) is 39.7 Å². The third-order valence-corrected chi connectivity index (χ3v) is 3.92. The van der Waals surface area contributed by atoms with E-state index in [9.17, 15) is 19.5 Å². The van der Waals surface area contributed by atoms with Gasteiger partial charge in [0.15, 0.2) is 0 Å². The molecule has 1 fully saturated rings. The Morgan fingerprint density at radius 1 is 1.26 bits per heavy atom. The fourth-order valence-electron chi connectivity index (χ4n) is 2.95. The van der Waals surface area contributed by atoms with Crippen molar-refractivity contribution in [1.82, 2.24) is 0 Å². The molecule has 2 atom stereocenters. The summed E-state index contributed by atoms with van der Waals surface area (Å²) in [5.74, 6) is -4.62. The molecule has 0 amide bonds. The first kappa shape index (κ1) is 15.4. The highest BCUT2D eigenvalue weighted by Gasteiger charge is 2.73. The van der Waals surface area contributed by atoms with Crippen molar-refractivity contribution in [3.8, 4) is 0 Å². The number of aliphatic carboxylic acids is 1. The summed E-state index contributed by atoms with van der Waals surface area (Å²) in [6.07, 6.45) is -0.436. The first-order valence-corrected chi connectivity index (χ1v) is 5.97. The van der Waals surface area contributed by atoms with E-state index < -0.39 is 47.2 Å². The number of carboxylic acid groups (broad SMARTS) is 1. The smallest absolute Gasteiger partial charge is 0.353 e. The van der Waals surface area contributed by atoms with E-state index >= 15 is 0 Å². The first-order chi connectivity index (χ1) is 8.66. The van der Waals surface area contributed by atoms with Gasteiger partial charge in [-0.15, -0.1) is 0 Å². The Labute approximate surface area is 110 Å². The number of carbonyl (C=O) groups excluding carboxylic acids is 2. The molecule has 1 rings (SSSR count). The van der Waals surface area contributed by atoms with Crippen LogP contribution in [0.25, 0.3) is 0 Å². The average Bonchev–Trinajstić information content (AvgIpc) is 2.63. The molecular formula is C12H18O7. The lowest BCUT2D eigenvalue weighted by molar-refractivity contribution is -0.259. The summed E-state index contributed by atoms with van der Waals surface area (Å²) < 4.78 is 5.02. The summed E-state index contributed by atoms with van der Waals surface area (Å²) in [6.45, 7) is 6.24. The molecule has 0 unspecified atom stereocenters. The second kappa shape index (κ2) is 4.80. The summed E-state index contributed by atoms with van der Waals surface area (Å²) in [7, 11) is 0. The molecule has 1 aliphatic rings. The quantitative estimate of drug-likeness (QED) is 0.448. The molecule has 0 aliphatic carbocycles. The lowest BCUT2D eigenvalue weighted by Crippen LogP contribution is -2.61. The molecule has 108 valence electrons. The molecular weight excluding hydrogens is 256 g/mol. The highest BCUT2D eigenvalue weighted by atomic mass is 17.1. The van der Waals surface area contributed by atoms with Crippen molar-refractivity contribution in [2.75, 3.05) is 0 Å². The van der Waals surface area contributed by atoms with Crippen LogP contribution in [0.4, 0.5) is 0 Å². The van der Waals surface area contributed by atoms with Crippen molar-refractivity contribution in [2.24, 2.45) is 17.3 Å². The molecule has 0 saturated carbocycles. The van der Waals surface area contributed by atoms with Gasteiger partial charge in [-0.3, -0.25) is 4.79 Å². The summed E-state index contributed by atoms with van der Waals surface area (Å²) in [5, 5.41) is 18.2. The average molecular weight is 274 g/mol. The highest BCUT2D eigenvalue weighted by Crippen LogP contribution is 2.54. The molecule has 7 heteroatoms. The number of rotatable bonds is 4. The van der Waals surface area contributed by atoms with Crippen LogP contribution in [0.5, 0.6) is 0 Å². The lowest BCUT2D eigenvalue weighted by Gasteiger charge is -2.42. The second-order valence-corrected chi connectivity index (χ2v) is 5.35. The maximum Gasteiger partial charge on any atom is 0.353 e. The van der Waals surface area contributed by atoms with Crippen molar-refractivity contribution < 1.29 is 34.4 Å². The number of ether oxygens (including phenoxy) is 1.